The van der Waals surface area contributed by atoms with Gasteiger partial charge in [0, 0.05) is 45.8 Å². The number of rotatable bonds is 9. The van der Waals surface area contributed by atoms with Gasteiger partial charge in [-0.05, 0) is 24.6 Å². The largest absolute Gasteiger partial charge is 0.466 e. The van der Waals surface area contributed by atoms with Gasteiger partial charge in [0.15, 0.2) is 0 Å². The number of nitrogens with zero attached hydrogens (tertiary/aromatic N) is 2. The molecular formula is C20H31N3O4. The van der Waals surface area contributed by atoms with Crippen LogP contribution >= 0.6 is 0 Å². The van der Waals surface area contributed by atoms with E-state index in [0.29, 0.717) is 26.4 Å². The molecular weight excluding hydrogens is 346 g/mol. The highest BCUT2D eigenvalue weighted by Gasteiger charge is 2.23. The number of benzene rings is 1. The predicted octanol–water partition coefficient (Wildman–Crippen LogP) is 1.59. The van der Waals surface area contributed by atoms with E-state index < -0.39 is 0 Å². The van der Waals surface area contributed by atoms with Crippen molar-refractivity contribution in [2.45, 2.75) is 25.8 Å². The van der Waals surface area contributed by atoms with Crippen molar-refractivity contribution in [2.75, 3.05) is 58.5 Å². The van der Waals surface area contributed by atoms with E-state index in [0.717, 1.165) is 24.3 Å². The van der Waals surface area contributed by atoms with Crippen molar-refractivity contribution in [3.63, 3.8) is 0 Å². The molecule has 0 radical (unpaired) electrons. The lowest BCUT2D eigenvalue weighted by molar-refractivity contribution is -0.144. The number of hydrogen-bond donors (Lipinski definition) is 1. The van der Waals surface area contributed by atoms with Crippen LogP contribution in [-0.4, -0.2) is 70.3 Å². The van der Waals surface area contributed by atoms with Crippen molar-refractivity contribution in [2.24, 2.45) is 0 Å². The number of anilines is 1. The molecule has 1 aromatic carbocycles. The molecule has 1 aromatic rings. The van der Waals surface area contributed by atoms with Crippen LogP contribution in [0.1, 0.15) is 31.4 Å². The number of esters is 1. The van der Waals surface area contributed by atoms with Crippen LogP contribution in [0.4, 0.5) is 5.69 Å². The number of amides is 1. The number of carbonyl (C=O) groups is 2. The summed E-state index contributed by atoms with van der Waals surface area (Å²) in [4.78, 5) is 28.0. The lowest BCUT2D eigenvalue weighted by Crippen LogP contribution is -2.43. The molecule has 1 aliphatic heterocycles. The van der Waals surface area contributed by atoms with E-state index in [-0.39, 0.29) is 30.8 Å². The van der Waals surface area contributed by atoms with Gasteiger partial charge in [-0.25, -0.2) is 0 Å². The van der Waals surface area contributed by atoms with Gasteiger partial charge in [0.2, 0.25) is 5.91 Å². The summed E-state index contributed by atoms with van der Waals surface area (Å²) < 4.78 is 10.3. The molecule has 7 nitrogen and oxygen atoms in total. The third-order valence-corrected chi connectivity index (χ3v) is 4.63. The second kappa shape index (κ2) is 10.9. The topological polar surface area (TPSA) is 71.1 Å². The number of hydrogen-bond acceptors (Lipinski definition) is 6. The summed E-state index contributed by atoms with van der Waals surface area (Å²) in [6.07, 6.45) is 0.258. The molecule has 0 spiro atoms. The van der Waals surface area contributed by atoms with Gasteiger partial charge in [-0.2, -0.15) is 0 Å². The normalized spacial score (nSPS) is 15.8. The number of carbonyl (C=O) groups excluding carboxylic acids is 2. The molecule has 1 heterocycles. The summed E-state index contributed by atoms with van der Waals surface area (Å²) in [5, 5.41) is 2.97. The first-order valence-corrected chi connectivity index (χ1v) is 9.52. The van der Waals surface area contributed by atoms with Gasteiger partial charge in [0.05, 0.1) is 32.3 Å². The zero-order chi connectivity index (χ0) is 19.6. The van der Waals surface area contributed by atoms with Crippen LogP contribution < -0.4 is 10.2 Å². The molecule has 27 heavy (non-hydrogen) atoms. The van der Waals surface area contributed by atoms with Gasteiger partial charge in [-0.15, -0.1) is 0 Å². The number of nitrogens with one attached hydrogen (secondary N) is 1. The van der Waals surface area contributed by atoms with Crippen molar-refractivity contribution < 1.29 is 19.1 Å². The molecule has 0 bridgehead atoms. The van der Waals surface area contributed by atoms with E-state index in [9.17, 15) is 9.59 Å². The quantitative estimate of drug-likeness (QED) is 0.659. The Bertz CT molecular complexity index is 598. The SMILES string of the molecule is CCOC(=O)CCC(=O)NC[C@H](c1ccc(N(C)C)cc1)N1CCOCC1. The molecule has 1 atom stereocenters. The van der Waals surface area contributed by atoms with Gasteiger partial charge in [-0.1, -0.05) is 12.1 Å². The summed E-state index contributed by atoms with van der Waals surface area (Å²) in [5.74, 6) is -0.470. The van der Waals surface area contributed by atoms with Crippen LogP contribution in [0.15, 0.2) is 24.3 Å². The highest BCUT2D eigenvalue weighted by atomic mass is 16.5. The Kier molecular flexibility index (Phi) is 8.54. The van der Waals surface area contributed by atoms with Crippen molar-refractivity contribution >= 4 is 17.6 Å². The van der Waals surface area contributed by atoms with E-state index in [4.69, 9.17) is 9.47 Å². The average Bonchev–Trinajstić information content (AvgIpc) is 2.68. The zero-order valence-electron chi connectivity index (χ0n) is 16.6. The van der Waals surface area contributed by atoms with E-state index in [1.54, 1.807) is 6.92 Å². The summed E-state index contributed by atoms with van der Waals surface area (Å²) >= 11 is 0. The Labute approximate surface area is 161 Å². The molecule has 0 unspecified atom stereocenters. The van der Waals surface area contributed by atoms with Gasteiger partial charge < -0.3 is 19.7 Å². The van der Waals surface area contributed by atoms with Crippen molar-refractivity contribution in [3.05, 3.63) is 29.8 Å². The first kappa shape index (κ1) is 21.2. The van der Waals surface area contributed by atoms with Crippen LogP contribution in [0.5, 0.6) is 0 Å². The lowest BCUT2D eigenvalue weighted by Gasteiger charge is -2.35. The standard InChI is InChI=1S/C20H31N3O4/c1-4-27-20(25)10-9-19(24)21-15-18(23-11-13-26-14-12-23)16-5-7-17(8-6-16)22(2)3/h5-8,18H,4,9-15H2,1-3H3,(H,21,24)/t18-/m1/s1. The number of ether oxygens (including phenoxy) is 2. The fraction of sp³-hybridized carbons (Fsp3) is 0.600. The molecule has 1 saturated heterocycles. The first-order valence-electron chi connectivity index (χ1n) is 9.52. The Morgan fingerprint density at radius 1 is 1.19 bits per heavy atom. The summed E-state index contributed by atoms with van der Waals surface area (Å²) in [7, 11) is 4.02. The van der Waals surface area contributed by atoms with E-state index >= 15 is 0 Å². The van der Waals surface area contributed by atoms with Crippen LogP contribution in [-0.2, 0) is 19.1 Å². The Morgan fingerprint density at radius 2 is 1.85 bits per heavy atom. The Balaban J connectivity index is 1.98. The van der Waals surface area contributed by atoms with E-state index in [1.165, 1.54) is 0 Å². The second-order valence-corrected chi connectivity index (χ2v) is 6.76. The molecule has 0 aromatic heterocycles. The molecule has 1 fully saturated rings. The maximum absolute atomic E-state index is 12.1. The fourth-order valence-electron chi connectivity index (χ4n) is 3.09. The molecule has 7 heteroatoms. The van der Waals surface area contributed by atoms with Gasteiger partial charge >= 0.3 is 5.97 Å². The van der Waals surface area contributed by atoms with Gasteiger partial charge in [0.25, 0.3) is 0 Å². The van der Waals surface area contributed by atoms with Crippen LogP contribution in [0.25, 0.3) is 0 Å². The first-order chi connectivity index (χ1) is 13.0. The highest BCUT2D eigenvalue weighted by molar-refractivity contribution is 5.81. The molecule has 150 valence electrons. The van der Waals surface area contributed by atoms with Crippen LogP contribution in [0.3, 0.4) is 0 Å². The molecule has 0 saturated carbocycles. The minimum atomic E-state index is -0.336. The van der Waals surface area contributed by atoms with Crippen LogP contribution in [0, 0.1) is 0 Å². The van der Waals surface area contributed by atoms with Crippen molar-refractivity contribution in [3.8, 4) is 0 Å². The predicted molar refractivity (Wildman–Crippen MR) is 105 cm³/mol. The summed E-state index contributed by atoms with van der Waals surface area (Å²) in [5.41, 5.74) is 2.30. The Morgan fingerprint density at radius 3 is 2.44 bits per heavy atom. The fourth-order valence-corrected chi connectivity index (χ4v) is 3.09. The third-order valence-electron chi connectivity index (χ3n) is 4.63. The lowest BCUT2D eigenvalue weighted by atomic mass is 10.0. The van der Waals surface area contributed by atoms with E-state index in [1.807, 2.05) is 14.1 Å². The molecule has 2 rings (SSSR count). The van der Waals surface area contributed by atoms with Crippen molar-refractivity contribution in [1.82, 2.24) is 10.2 Å². The highest BCUT2D eigenvalue weighted by Crippen LogP contribution is 2.23. The van der Waals surface area contributed by atoms with Gasteiger partial charge in [-0.3, -0.25) is 14.5 Å². The molecule has 1 N–H and O–H groups in total. The third kappa shape index (κ3) is 6.84. The van der Waals surface area contributed by atoms with E-state index in [2.05, 4.69) is 39.4 Å². The Hall–Kier alpha value is -2.12. The average molecular weight is 377 g/mol. The van der Waals surface area contributed by atoms with Crippen LogP contribution in [0.2, 0.25) is 0 Å². The summed E-state index contributed by atoms with van der Waals surface area (Å²) in [6.45, 7) is 5.65. The maximum Gasteiger partial charge on any atom is 0.306 e. The monoisotopic (exact) mass is 377 g/mol. The minimum absolute atomic E-state index is 0.0802. The maximum atomic E-state index is 12.1. The number of morpholine rings is 1. The van der Waals surface area contributed by atoms with Gasteiger partial charge in [0.1, 0.15) is 0 Å². The minimum Gasteiger partial charge on any atom is -0.466 e. The molecule has 0 aliphatic carbocycles. The molecule has 1 aliphatic rings. The summed E-state index contributed by atoms with van der Waals surface area (Å²) in [6, 6.07) is 8.48. The molecule has 1 amide bonds. The second-order valence-electron chi connectivity index (χ2n) is 6.76. The zero-order valence-corrected chi connectivity index (χ0v) is 16.6. The van der Waals surface area contributed by atoms with Crippen molar-refractivity contribution in [1.29, 1.82) is 0 Å². The smallest absolute Gasteiger partial charge is 0.306 e.